The molecule has 1 aromatic rings. The van der Waals surface area contributed by atoms with Crippen LogP contribution in [0.5, 0.6) is 5.75 Å². The Balaban J connectivity index is 2.56. The van der Waals surface area contributed by atoms with Gasteiger partial charge in [0.1, 0.15) is 5.75 Å². The number of nitrogens with one attached hydrogen (secondary N) is 1. The Morgan fingerprint density at radius 2 is 2.11 bits per heavy atom. The Kier molecular flexibility index (Phi) is 7.46. The van der Waals surface area contributed by atoms with E-state index in [4.69, 9.17) is 9.47 Å². The van der Waals surface area contributed by atoms with Crippen LogP contribution >= 0.6 is 0 Å². The molecule has 0 aliphatic carbocycles. The van der Waals surface area contributed by atoms with Crippen LogP contribution in [0.1, 0.15) is 18.9 Å². The highest BCUT2D eigenvalue weighted by Gasteiger charge is 2.09. The molecule has 102 valence electrons. The summed E-state index contributed by atoms with van der Waals surface area (Å²) in [5.74, 6) is 1.54. The molecule has 0 aromatic heterocycles. The molecule has 0 saturated heterocycles. The fourth-order valence-corrected chi connectivity index (χ4v) is 2.04. The van der Waals surface area contributed by atoms with Gasteiger partial charge in [0.25, 0.3) is 0 Å². The van der Waals surface area contributed by atoms with Crippen molar-refractivity contribution >= 4 is 0 Å². The molecule has 1 aromatic carbocycles. The van der Waals surface area contributed by atoms with E-state index in [0.29, 0.717) is 5.92 Å². The van der Waals surface area contributed by atoms with Gasteiger partial charge in [-0.1, -0.05) is 19.1 Å². The van der Waals surface area contributed by atoms with Crippen molar-refractivity contribution in [2.45, 2.75) is 19.8 Å². The molecule has 0 spiro atoms. The first kappa shape index (κ1) is 15.0. The van der Waals surface area contributed by atoms with Crippen LogP contribution in [0.2, 0.25) is 0 Å². The molecule has 0 bridgehead atoms. The van der Waals surface area contributed by atoms with Crippen molar-refractivity contribution in [3.05, 3.63) is 29.8 Å². The van der Waals surface area contributed by atoms with Crippen LogP contribution in [0.15, 0.2) is 24.3 Å². The van der Waals surface area contributed by atoms with Crippen molar-refractivity contribution in [3.63, 3.8) is 0 Å². The summed E-state index contributed by atoms with van der Waals surface area (Å²) in [7, 11) is 3.47. The van der Waals surface area contributed by atoms with Gasteiger partial charge in [-0.3, -0.25) is 0 Å². The van der Waals surface area contributed by atoms with E-state index in [0.717, 1.165) is 38.3 Å². The quantitative estimate of drug-likeness (QED) is 0.731. The van der Waals surface area contributed by atoms with E-state index in [-0.39, 0.29) is 0 Å². The third-order valence-electron chi connectivity index (χ3n) is 3.07. The molecule has 0 aliphatic rings. The van der Waals surface area contributed by atoms with Crippen LogP contribution in [0.4, 0.5) is 0 Å². The Morgan fingerprint density at radius 1 is 1.28 bits per heavy atom. The fraction of sp³-hybridized carbons (Fsp3) is 0.600. The standard InChI is InChI=1S/C15H25NO2/c1-4-16-12-14(8-9-17-2)10-13-6-5-7-15(11-13)18-3/h5-7,11,14,16H,4,8-10,12H2,1-3H3. The first-order valence-electron chi connectivity index (χ1n) is 6.62. The third-order valence-corrected chi connectivity index (χ3v) is 3.07. The predicted octanol–water partition coefficient (Wildman–Crippen LogP) is 2.50. The lowest BCUT2D eigenvalue weighted by Crippen LogP contribution is -2.25. The van der Waals surface area contributed by atoms with Gasteiger partial charge in [-0.05, 0) is 49.5 Å². The summed E-state index contributed by atoms with van der Waals surface area (Å²) in [6, 6.07) is 8.31. The second-order valence-electron chi connectivity index (χ2n) is 4.51. The van der Waals surface area contributed by atoms with E-state index in [9.17, 15) is 0 Å². The van der Waals surface area contributed by atoms with Crippen molar-refractivity contribution in [3.8, 4) is 5.75 Å². The molecule has 1 atom stereocenters. The molecule has 0 heterocycles. The fourth-order valence-electron chi connectivity index (χ4n) is 2.04. The predicted molar refractivity (Wildman–Crippen MR) is 75.2 cm³/mol. The van der Waals surface area contributed by atoms with Crippen LogP contribution in [0.25, 0.3) is 0 Å². The smallest absolute Gasteiger partial charge is 0.119 e. The molecule has 0 radical (unpaired) electrons. The van der Waals surface area contributed by atoms with Gasteiger partial charge in [0, 0.05) is 13.7 Å². The molecular weight excluding hydrogens is 226 g/mol. The summed E-state index contributed by atoms with van der Waals surface area (Å²) in [4.78, 5) is 0. The maximum atomic E-state index is 5.26. The van der Waals surface area contributed by atoms with Gasteiger partial charge < -0.3 is 14.8 Å². The van der Waals surface area contributed by atoms with E-state index in [1.165, 1.54) is 5.56 Å². The average molecular weight is 251 g/mol. The number of methoxy groups -OCH3 is 2. The summed E-state index contributed by atoms with van der Waals surface area (Å²) < 4.78 is 10.4. The SMILES string of the molecule is CCNCC(CCOC)Cc1cccc(OC)c1. The van der Waals surface area contributed by atoms with E-state index < -0.39 is 0 Å². The summed E-state index contributed by atoms with van der Waals surface area (Å²) in [5, 5.41) is 3.42. The summed E-state index contributed by atoms with van der Waals surface area (Å²) in [6.07, 6.45) is 2.15. The van der Waals surface area contributed by atoms with Gasteiger partial charge in [0.15, 0.2) is 0 Å². The van der Waals surface area contributed by atoms with Crippen LogP contribution in [-0.2, 0) is 11.2 Å². The molecule has 0 amide bonds. The zero-order chi connectivity index (χ0) is 13.2. The zero-order valence-corrected chi connectivity index (χ0v) is 11.7. The van der Waals surface area contributed by atoms with Crippen LogP contribution < -0.4 is 10.1 Å². The Morgan fingerprint density at radius 3 is 2.78 bits per heavy atom. The molecule has 0 fully saturated rings. The van der Waals surface area contributed by atoms with Crippen molar-refractivity contribution in [1.29, 1.82) is 0 Å². The van der Waals surface area contributed by atoms with Gasteiger partial charge in [-0.25, -0.2) is 0 Å². The van der Waals surface area contributed by atoms with Crippen molar-refractivity contribution < 1.29 is 9.47 Å². The monoisotopic (exact) mass is 251 g/mol. The molecule has 1 unspecified atom stereocenters. The van der Waals surface area contributed by atoms with E-state index in [1.54, 1.807) is 14.2 Å². The minimum atomic E-state index is 0.608. The zero-order valence-electron chi connectivity index (χ0n) is 11.7. The van der Waals surface area contributed by atoms with Crippen molar-refractivity contribution in [1.82, 2.24) is 5.32 Å². The number of hydrogen-bond donors (Lipinski definition) is 1. The molecule has 18 heavy (non-hydrogen) atoms. The highest BCUT2D eigenvalue weighted by molar-refractivity contribution is 5.28. The highest BCUT2D eigenvalue weighted by atomic mass is 16.5. The largest absolute Gasteiger partial charge is 0.497 e. The lowest BCUT2D eigenvalue weighted by Gasteiger charge is -2.17. The second-order valence-corrected chi connectivity index (χ2v) is 4.51. The first-order chi connectivity index (χ1) is 8.80. The van der Waals surface area contributed by atoms with Gasteiger partial charge in [-0.15, -0.1) is 0 Å². The molecule has 1 rings (SSSR count). The highest BCUT2D eigenvalue weighted by Crippen LogP contribution is 2.17. The van der Waals surface area contributed by atoms with Gasteiger partial charge >= 0.3 is 0 Å². The molecule has 3 heteroatoms. The maximum Gasteiger partial charge on any atom is 0.119 e. The third kappa shape index (κ3) is 5.52. The Bertz CT molecular complexity index is 320. The minimum absolute atomic E-state index is 0.608. The van der Waals surface area contributed by atoms with Gasteiger partial charge in [0.2, 0.25) is 0 Å². The lowest BCUT2D eigenvalue weighted by molar-refractivity contribution is 0.176. The van der Waals surface area contributed by atoms with Gasteiger partial charge in [-0.2, -0.15) is 0 Å². The van der Waals surface area contributed by atoms with Crippen LogP contribution in [-0.4, -0.2) is 33.9 Å². The van der Waals surface area contributed by atoms with Crippen LogP contribution in [0, 0.1) is 5.92 Å². The summed E-state index contributed by atoms with van der Waals surface area (Å²) in [6.45, 7) is 5.01. The molecule has 1 N–H and O–H groups in total. The number of ether oxygens (including phenoxy) is 2. The Hall–Kier alpha value is -1.06. The molecule has 3 nitrogen and oxygen atoms in total. The second kappa shape index (κ2) is 8.95. The minimum Gasteiger partial charge on any atom is -0.497 e. The number of benzene rings is 1. The normalized spacial score (nSPS) is 12.4. The molecular formula is C15H25NO2. The molecule has 0 saturated carbocycles. The topological polar surface area (TPSA) is 30.5 Å². The first-order valence-corrected chi connectivity index (χ1v) is 6.62. The van der Waals surface area contributed by atoms with E-state index in [1.807, 2.05) is 6.07 Å². The van der Waals surface area contributed by atoms with E-state index in [2.05, 4.69) is 30.4 Å². The Labute approximate surface area is 110 Å². The average Bonchev–Trinajstić information content (AvgIpc) is 2.42. The lowest BCUT2D eigenvalue weighted by atomic mass is 9.96. The van der Waals surface area contributed by atoms with Crippen molar-refractivity contribution in [2.24, 2.45) is 5.92 Å². The summed E-state index contributed by atoms with van der Waals surface area (Å²) >= 11 is 0. The van der Waals surface area contributed by atoms with Crippen LogP contribution in [0.3, 0.4) is 0 Å². The van der Waals surface area contributed by atoms with Crippen molar-refractivity contribution in [2.75, 3.05) is 33.9 Å². The van der Waals surface area contributed by atoms with E-state index >= 15 is 0 Å². The number of rotatable bonds is 9. The van der Waals surface area contributed by atoms with Gasteiger partial charge in [0.05, 0.1) is 7.11 Å². The maximum absolute atomic E-state index is 5.26. The summed E-state index contributed by atoms with van der Waals surface area (Å²) in [5.41, 5.74) is 1.33. The molecule has 0 aliphatic heterocycles. The number of hydrogen-bond acceptors (Lipinski definition) is 3.